The van der Waals surface area contributed by atoms with Crippen molar-refractivity contribution < 1.29 is 4.84 Å². The predicted molar refractivity (Wildman–Crippen MR) is 69.0 cm³/mol. The normalized spacial score (nSPS) is 27.2. The van der Waals surface area contributed by atoms with Crippen molar-refractivity contribution in [3.8, 4) is 0 Å². The van der Waals surface area contributed by atoms with Crippen molar-refractivity contribution in [2.45, 2.75) is 32.1 Å². The smallest absolute Gasteiger partial charge is 0.125 e. The highest BCUT2D eigenvalue weighted by atomic mass is 16.6. The number of hydrogen-bond donors (Lipinski definition) is 0. The van der Waals surface area contributed by atoms with E-state index < -0.39 is 0 Å². The third-order valence-electron chi connectivity index (χ3n) is 4.01. The molecule has 1 heterocycles. The van der Waals surface area contributed by atoms with E-state index in [0.717, 1.165) is 13.0 Å². The van der Waals surface area contributed by atoms with E-state index in [1.165, 1.54) is 37.0 Å². The molecule has 0 radical (unpaired) electrons. The van der Waals surface area contributed by atoms with Gasteiger partial charge in [0.25, 0.3) is 0 Å². The zero-order chi connectivity index (χ0) is 11.5. The van der Waals surface area contributed by atoms with Gasteiger partial charge in [0.05, 0.1) is 5.71 Å². The van der Waals surface area contributed by atoms with Crippen molar-refractivity contribution in [3.63, 3.8) is 0 Å². The van der Waals surface area contributed by atoms with Crippen LogP contribution in [0.2, 0.25) is 0 Å². The van der Waals surface area contributed by atoms with E-state index >= 15 is 0 Å². The van der Waals surface area contributed by atoms with Crippen LogP contribution in [0.3, 0.4) is 0 Å². The minimum absolute atomic E-state index is 0.629. The van der Waals surface area contributed by atoms with Crippen molar-refractivity contribution in [1.82, 2.24) is 0 Å². The quantitative estimate of drug-likeness (QED) is 0.778. The third-order valence-corrected chi connectivity index (χ3v) is 4.01. The minimum atomic E-state index is 0.629. The standard InChI is InChI=1S/C15H19NO/c1-2-5-12(6-3-1)9-10-13-7-4-8-14-11-17-16-15(13)14/h1-3,5-6,13-14H,4,7-11H2/t13-,14-/m1/s1. The molecule has 0 aromatic heterocycles. The van der Waals surface area contributed by atoms with Crippen LogP contribution < -0.4 is 0 Å². The summed E-state index contributed by atoms with van der Waals surface area (Å²) < 4.78 is 0. The van der Waals surface area contributed by atoms with E-state index in [1.807, 2.05) is 0 Å². The van der Waals surface area contributed by atoms with Crippen molar-refractivity contribution in [2.75, 3.05) is 6.61 Å². The summed E-state index contributed by atoms with van der Waals surface area (Å²) in [5.41, 5.74) is 2.79. The molecule has 0 unspecified atom stereocenters. The first kappa shape index (κ1) is 10.8. The van der Waals surface area contributed by atoms with Crippen LogP contribution in [0.4, 0.5) is 0 Å². The molecule has 1 aromatic carbocycles. The van der Waals surface area contributed by atoms with E-state index in [1.54, 1.807) is 0 Å². The second-order valence-electron chi connectivity index (χ2n) is 5.16. The Bertz CT molecular complexity index is 399. The monoisotopic (exact) mass is 229 g/mol. The fourth-order valence-electron chi connectivity index (χ4n) is 3.04. The summed E-state index contributed by atoms with van der Waals surface area (Å²) in [6.07, 6.45) is 6.30. The summed E-state index contributed by atoms with van der Waals surface area (Å²) in [7, 11) is 0. The van der Waals surface area contributed by atoms with Crippen molar-refractivity contribution in [1.29, 1.82) is 0 Å². The van der Waals surface area contributed by atoms with E-state index in [4.69, 9.17) is 4.84 Å². The van der Waals surface area contributed by atoms with Crippen LogP contribution in [0.5, 0.6) is 0 Å². The summed E-state index contributed by atoms with van der Waals surface area (Å²) in [5, 5.41) is 4.27. The number of nitrogens with zero attached hydrogens (tertiary/aromatic N) is 1. The molecule has 2 atom stereocenters. The second kappa shape index (κ2) is 4.91. The molecular weight excluding hydrogens is 210 g/mol. The summed E-state index contributed by atoms with van der Waals surface area (Å²) in [5.74, 6) is 1.29. The predicted octanol–water partition coefficient (Wildman–Crippen LogP) is 3.42. The minimum Gasteiger partial charge on any atom is -0.395 e. The fourth-order valence-corrected chi connectivity index (χ4v) is 3.04. The van der Waals surface area contributed by atoms with Crippen LogP contribution in [0.15, 0.2) is 35.5 Å². The maximum atomic E-state index is 5.26. The highest BCUT2D eigenvalue weighted by Crippen LogP contribution is 2.33. The molecule has 90 valence electrons. The molecule has 0 N–H and O–H groups in total. The molecule has 3 rings (SSSR count). The first-order chi connectivity index (χ1) is 8.43. The van der Waals surface area contributed by atoms with Gasteiger partial charge in [-0.2, -0.15) is 0 Å². The van der Waals surface area contributed by atoms with Crippen molar-refractivity contribution in [3.05, 3.63) is 35.9 Å². The Kier molecular flexibility index (Phi) is 3.12. The molecule has 1 saturated carbocycles. The first-order valence-corrected chi connectivity index (χ1v) is 6.67. The molecule has 0 amide bonds. The SMILES string of the molecule is c1ccc(CC[C@H]2CCC[C@@H]3CON=C23)cc1. The Morgan fingerprint density at radius 1 is 1.18 bits per heavy atom. The average Bonchev–Trinajstić information content (AvgIpc) is 2.86. The Morgan fingerprint density at radius 3 is 2.94 bits per heavy atom. The molecule has 1 aliphatic carbocycles. The largest absolute Gasteiger partial charge is 0.395 e. The molecule has 2 aliphatic rings. The van der Waals surface area contributed by atoms with Gasteiger partial charge >= 0.3 is 0 Å². The maximum absolute atomic E-state index is 5.26. The van der Waals surface area contributed by atoms with Gasteiger partial charge in [-0.1, -0.05) is 41.9 Å². The van der Waals surface area contributed by atoms with Gasteiger partial charge in [-0.25, -0.2) is 0 Å². The van der Waals surface area contributed by atoms with Crippen LogP contribution in [0.25, 0.3) is 0 Å². The third kappa shape index (κ3) is 2.36. The Morgan fingerprint density at radius 2 is 2.06 bits per heavy atom. The van der Waals surface area contributed by atoms with Gasteiger partial charge in [-0.15, -0.1) is 0 Å². The van der Waals surface area contributed by atoms with Crippen molar-refractivity contribution in [2.24, 2.45) is 17.0 Å². The fraction of sp³-hybridized carbons (Fsp3) is 0.533. The number of fused-ring (bicyclic) bond motifs is 1. The number of aryl methyl sites for hydroxylation is 1. The summed E-state index contributed by atoms with van der Waals surface area (Å²) in [4.78, 5) is 5.26. The number of hydrogen-bond acceptors (Lipinski definition) is 2. The number of benzene rings is 1. The van der Waals surface area contributed by atoms with Gasteiger partial charge in [0, 0.05) is 11.8 Å². The Hall–Kier alpha value is -1.31. The zero-order valence-corrected chi connectivity index (χ0v) is 10.1. The molecular formula is C15H19NO. The lowest BCUT2D eigenvalue weighted by Gasteiger charge is -2.25. The zero-order valence-electron chi connectivity index (χ0n) is 10.1. The molecule has 0 spiro atoms. The molecule has 1 fully saturated rings. The molecule has 1 aromatic rings. The van der Waals surface area contributed by atoms with Gasteiger partial charge in [0.15, 0.2) is 0 Å². The van der Waals surface area contributed by atoms with Gasteiger partial charge in [0.1, 0.15) is 6.61 Å². The van der Waals surface area contributed by atoms with Gasteiger partial charge in [0.2, 0.25) is 0 Å². The molecule has 1 aliphatic heterocycles. The van der Waals surface area contributed by atoms with Crippen LogP contribution in [0, 0.1) is 11.8 Å². The Balaban J connectivity index is 1.61. The maximum Gasteiger partial charge on any atom is 0.125 e. The van der Waals surface area contributed by atoms with Crippen LogP contribution in [-0.2, 0) is 11.3 Å². The lowest BCUT2D eigenvalue weighted by atomic mass is 9.78. The summed E-state index contributed by atoms with van der Waals surface area (Å²) in [6, 6.07) is 10.7. The van der Waals surface area contributed by atoms with Crippen LogP contribution >= 0.6 is 0 Å². The molecule has 2 heteroatoms. The summed E-state index contributed by atoms with van der Waals surface area (Å²) in [6.45, 7) is 0.831. The van der Waals surface area contributed by atoms with E-state index in [2.05, 4.69) is 35.5 Å². The van der Waals surface area contributed by atoms with Crippen LogP contribution in [-0.4, -0.2) is 12.3 Å². The van der Waals surface area contributed by atoms with Gasteiger partial charge < -0.3 is 4.84 Å². The first-order valence-electron chi connectivity index (χ1n) is 6.67. The highest BCUT2D eigenvalue weighted by Gasteiger charge is 2.33. The number of oxime groups is 1. The lowest BCUT2D eigenvalue weighted by molar-refractivity contribution is 0.152. The molecule has 17 heavy (non-hydrogen) atoms. The average molecular weight is 229 g/mol. The van der Waals surface area contributed by atoms with Gasteiger partial charge in [-0.05, 0) is 31.2 Å². The van der Waals surface area contributed by atoms with Crippen LogP contribution in [0.1, 0.15) is 31.2 Å². The highest BCUT2D eigenvalue weighted by molar-refractivity contribution is 5.90. The number of rotatable bonds is 3. The second-order valence-corrected chi connectivity index (χ2v) is 5.16. The van der Waals surface area contributed by atoms with E-state index in [0.29, 0.717) is 11.8 Å². The van der Waals surface area contributed by atoms with E-state index in [9.17, 15) is 0 Å². The molecule has 0 bridgehead atoms. The van der Waals surface area contributed by atoms with E-state index in [-0.39, 0.29) is 0 Å². The van der Waals surface area contributed by atoms with Crippen molar-refractivity contribution >= 4 is 5.71 Å². The lowest BCUT2D eigenvalue weighted by Crippen LogP contribution is -2.27. The molecule has 0 saturated heterocycles. The Labute approximate surface area is 103 Å². The van der Waals surface area contributed by atoms with Gasteiger partial charge in [-0.3, -0.25) is 0 Å². The topological polar surface area (TPSA) is 21.6 Å². The molecule has 2 nitrogen and oxygen atoms in total. The summed E-state index contributed by atoms with van der Waals surface area (Å²) >= 11 is 0.